The summed E-state index contributed by atoms with van der Waals surface area (Å²) in [5, 5.41) is 23.1. The minimum atomic E-state index is -1.63. The van der Waals surface area contributed by atoms with E-state index in [0.717, 1.165) is 42.8 Å². The third-order valence-corrected chi connectivity index (χ3v) is 11.5. The maximum atomic E-state index is 13.6. The number of aliphatic hydroxyl groups is 1. The number of aliphatic hydroxyl groups excluding tert-OH is 1. The minimum absolute atomic E-state index is 0.0207. The first kappa shape index (κ1) is 35.3. The number of halogens is 1. The van der Waals surface area contributed by atoms with Crippen LogP contribution in [0, 0.1) is 11.8 Å². The molecule has 2 aromatic rings. The van der Waals surface area contributed by atoms with Gasteiger partial charge in [-0.3, -0.25) is 9.59 Å². The van der Waals surface area contributed by atoms with E-state index in [2.05, 4.69) is 23.6 Å². The molecule has 1 fully saturated rings. The van der Waals surface area contributed by atoms with Crippen LogP contribution >= 0.6 is 11.6 Å². The summed E-state index contributed by atoms with van der Waals surface area (Å²) in [5.41, 5.74) is 1.72. The predicted molar refractivity (Wildman–Crippen MR) is 192 cm³/mol. The van der Waals surface area contributed by atoms with E-state index in [-0.39, 0.29) is 30.1 Å². The molecule has 264 valence electrons. The molecule has 2 heterocycles. The third-order valence-electron chi connectivity index (χ3n) is 11.2. The normalized spacial score (nSPS) is 29.5. The monoisotopic (exact) mass is 690 g/mol. The summed E-state index contributed by atoms with van der Waals surface area (Å²) in [4.78, 5) is 31.4. The molecule has 0 aromatic heterocycles. The van der Waals surface area contributed by atoms with Gasteiger partial charge in [0.1, 0.15) is 16.8 Å². The van der Waals surface area contributed by atoms with Gasteiger partial charge in [-0.15, -0.1) is 0 Å². The molecular weight excluding hydrogens is 640 g/mol. The molecule has 0 amide bonds. The van der Waals surface area contributed by atoms with Crippen LogP contribution in [0.4, 0.5) is 5.69 Å². The molecular formula is C40H51ClN2O6. The number of carbonyl (C=O) groups excluding carboxylic acids is 1. The van der Waals surface area contributed by atoms with Gasteiger partial charge >= 0.3 is 11.9 Å². The van der Waals surface area contributed by atoms with Gasteiger partial charge < -0.3 is 29.5 Å². The topological polar surface area (TPSA) is 99.5 Å². The quantitative estimate of drug-likeness (QED) is 0.261. The highest BCUT2D eigenvalue weighted by atomic mass is 35.5. The maximum absolute atomic E-state index is 13.6. The number of carboxylic acids is 1. The van der Waals surface area contributed by atoms with E-state index >= 15 is 0 Å². The lowest BCUT2D eigenvalue weighted by Gasteiger charge is -2.45. The molecule has 8 nitrogen and oxygen atoms in total. The fourth-order valence-electron chi connectivity index (χ4n) is 8.42. The van der Waals surface area contributed by atoms with Crippen molar-refractivity contribution in [3.8, 4) is 5.75 Å². The van der Waals surface area contributed by atoms with Crippen LogP contribution in [-0.4, -0.2) is 72.0 Å². The second kappa shape index (κ2) is 13.7. The van der Waals surface area contributed by atoms with Gasteiger partial charge in [0.25, 0.3) is 0 Å². The molecule has 0 radical (unpaired) electrons. The molecule has 49 heavy (non-hydrogen) atoms. The number of nitrogens with zero attached hydrogens (tertiary/aromatic N) is 2. The molecule has 1 saturated carbocycles. The number of carboxylic acid groups (broad SMARTS) is 1. The molecule has 0 unspecified atom stereocenters. The first-order chi connectivity index (χ1) is 23.2. The number of anilines is 1. The molecule has 2 bridgehead atoms. The van der Waals surface area contributed by atoms with Crippen molar-refractivity contribution in [1.29, 1.82) is 0 Å². The number of fused-ring (bicyclic) bond motifs is 4. The van der Waals surface area contributed by atoms with Gasteiger partial charge in [0.15, 0.2) is 0 Å². The maximum Gasteiger partial charge on any atom is 0.315 e. The molecule has 2 aromatic carbocycles. The fourth-order valence-corrected chi connectivity index (χ4v) is 8.61. The van der Waals surface area contributed by atoms with Gasteiger partial charge in [0.05, 0.1) is 24.8 Å². The van der Waals surface area contributed by atoms with Gasteiger partial charge in [-0.1, -0.05) is 42.5 Å². The lowest BCUT2D eigenvalue weighted by atomic mass is 9.68. The summed E-state index contributed by atoms with van der Waals surface area (Å²) in [6.45, 7) is 12.1. The highest BCUT2D eigenvalue weighted by molar-refractivity contribution is 6.30. The lowest BCUT2D eigenvalue weighted by Crippen LogP contribution is -2.49. The summed E-state index contributed by atoms with van der Waals surface area (Å²) in [5.74, 6) is -0.612. The van der Waals surface area contributed by atoms with Gasteiger partial charge in [-0.05, 0) is 112 Å². The minimum Gasteiger partial charge on any atom is -0.490 e. The van der Waals surface area contributed by atoms with Crippen LogP contribution in [0.3, 0.4) is 0 Å². The second-order valence-electron chi connectivity index (χ2n) is 15.8. The second-order valence-corrected chi connectivity index (χ2v) is 16.2. The number of aliphatic carboxylic acids is 1. The van der Waals surface area contributed by atoms with Crippen molar-refractivity contribution in [2.24, 2.45) is 11.8 Å². The van der Waals surface area contributed by atoms with Crippen LogP contribution in [0.5, 0.6) is 5.75 Å². The van der Waals surface area contributed by atoms with E-state index in [9.17, 15) is 19.8 Å². The van der Waals surface area contributed by atoms with Gasteiger partial charge in [0, 0.05) is 49.2 Å². The van der Waals surface area contributed by atoms with Crippen molar-refractivity contribution in [1.82, 2.24) is 4.90 Å². The standard InChI is InChI=1S/C40H51ClN2O6/c1-26-21-40(37(46)47,22-36(45)49-38(2,3)4)29-12-16-35-33(20-29)43(23-28-11-14-31(28)34(44)10-6-7-18-42(26)5)24-39(25-48-35)17-8-9-27-19-30(41)13-15-32(27)39/h6,10,12-13,15-16,19-20,28,31,34,44H,1,7-9,11,14,17-18,21-25H2,2-5H3,(H,46,47)/b10-6+/t28-,31+,34-,39-,40-/m0/s1. The first-order valence-electron chi connectivity index (χ1n) is 17.7. The number of carbonyl (C=O) groups is 2. The SMILES string of the molecule is C=C1C[C@@](CC(=O)OC(C)(C)C)(C(=O)O)c2ccc3c(c2)N(C[C@@H]2CC[C@H]2[C@@H](O)/C=C/CCN1C)C[C@@]1(CCCc2cc(Cl)ccc21)CO3. The van der Waals surface area contributed by atoms with Crippen LogP contribution < -0.4 is 9.64 Å². The van der Waals surface area contributed by atoms with Crippen LogP contribution in [0.2, 0.25) is 5.02 Å². The molecule has 1 spiro atoms. The number of aryl methyl sites for hydroxylation is 1. The Kier molecular flexibility index (Phi) is 9.86. The number of hydrogen-bond donors (Lipinski definition) is 2. The largest absolute Gasteiger partial charge is 0.490 e. The zero-order valence-electron chi connectivity index (χ0n) is 29.3. The molecule has 2 N–H and O–H groups in total. The number of allylic oxidation sites excluding steroid dienone is 1. The van der Waals surface area contributed by atoms with Crippen LogP contribution in [-0.2, 0) is 31.6 Å². The van der Waals surface area contributed by atoms with Crippen molar-refractivity contribution >= 4 is 29.2 Å². The van der Waals surface area contributed by atoms with Crippen LogP contribution in [0.25, 0.3) is 0 Å². The molecule has 9 heteroatoms. The summed E-state index contributed by atoms with van der Waals surface area (Å²) in [6, 6.07) is 11.8. The van der Waals surface area contributed by atoms with Gasteiger partial charge in [-0.2, -0.15) is 0 Å². The van der Waals surface area contributed by atoms with Gasteiger partial charge in [0.2, 0.25) is 0 Å². The van der Waals surface area contributed by atoms with Crippen LogP contribution in [0.15, 0.2) is 60.8 Å². The van der Waals surface area contributed by atoms with Crippen molar-refractivity contribution in [2.75, 3.05) is 38.2 Å². The molecule has 2 aliphatic heterocycles. The Labute approximate surface area is 295 Å². The van der Waals surface area contributed by atoms with E-state index in [4.69, 9.17) is 21.1 Å². The van der Waals surface area contributed by atoms with Crippen molar-refractivity contribution in [2.45, 2.75) is 94.7 Å². The summed E-state index contributed by atoms with van der Waals surface area (Å²) >= 11 is 6.46. The Morgan fingerprint density at radius 2 is 1.96 bits per heavy atom. The molecule has 2 aliphatic carbocycles. The average Bonchev–Trinajstić information content (AvgIpc) is 3.16. The van der Waals surface area contributed by atoms with Crippen molar-refractivity contribution in [3.05, 3.63) is 82.5 Å². The number of benzene rings is 2. The summed E-state index contributed by atoms with van der Waals surface area (Å²) in [7, 11) is 1.89. The zero-order chi connectivity index (χ0) is 35.1. The number of ether oxygens (including phenoxy) is 2. The van der Waals surface area contributed by atoms with E-state index in [1.54, 1.807) is 26.8 Å². The van der Waals surface area contributed by atoms with E-state index in [0.29, 0.717) is 49.7 Å². The Morgan fingerprint density at radius 3 is 2.67 bits per heavy atom. The average molecular weight is 691 g/mol. The predicted octanol–water partition coefficient (Wildman–Crippen LogP) is 7.05. The van der Waals surface area contributed by atoms with Crippen molar-refractivity contribution < 1.29 is 29.3 Å². The highest BCUT2D eigenvalue weighted by Crippen LogP contribution is 2.48. The number of esters is 1. The first-order valence-corrected chi connectivity index (χ1v) is 18.1. The van der Waals surface area contributed by atoms with Crippen molar-refractivity contribution in [3.63, 3.8) is 0 Å². The zero-order valence-corrected chi connectivity index (χ0v) is 30.1. The Balaban J connectivity index is 1.49. The van der Waals surface area contributed by atoms with E-state index in [1.807, 2.05) is 42.3 Å². The smallest absolute Gasteiger partial charge is 0.315 e. The van der Waals surface area contributed by atoms with Gasteiger partial charge in [-0.25, -0.2) is 0 Å². The fraction of sp³-hybridized carbons (Fsp3) is 0.550. The van der Waals surface area contributed by atoms with E-state index < -0.39 is 29.1 Å². The summed E-state index contributed by atoms with van der Waals surface area (Å²) in [6.07, 6.45) is 8.62. The number of rotatable bonds is 3. The molecule has 0 saturated heterocycles. The highest BCUT2D eigenvalue weighted by Gasteiger charge is 2.47. The lowest BCUT2D eigenvalue weighted by molar-refractivity contribution is -0.161. The van der Waals surface area contributed by atoms with Crippen LogP contribution in [0.1, 0.15) is 82.4 Å². The Morgan fingerprint density at radius 1 is 1.16 bits per heavy atom. The van der Waals surface area contributed by atoms with E-state index in [1.165, 1.54) is 11.1 Å². The molecule has 5 atom stereocenters. The third kappa shape index (κ3) is 7.23. The summed E-state index contributed by atoms with van der Waals surface area (Å²) < 4.78 is 12.4. The molecule has 6 rings (SSSR count). The Hall–Kier alpha value is -3.49. The number of hydrogen-bond acceptors (Lipinski definition) is 7. The Bertz CT molecular complexity index is 1630. The molecule has 4 aliphatic rings.